The molecule has 24 heavy (non-hydrogen) atoms. The van der Waals surface area contributed by atoms with Crippen LogP contribution in [0, 0.1) is 5.41 Å². The van der Waals surface area contributed by atoms with Crippen LogP contribution in [-0.4, -0.2) is 49.3 Å². The number of carbonyl (C=O) groups excluding carboxylic acids is 1. The molecule has 1 aromatic rings. The fourth-order valence-electron chi connectivity index (χ4n) is 2.63. The summed E-state index contributed by atoms with van der Waals surface area (Å²) in [7, 11) is 0. The van der Waals surface area contributed by atoms with Crippen molar-refractivity contribution in [3.05, 3.63) is 17.0 Å². The first-order chi connectivity index (χ1) is 11.0. The average molecular weight is 446 g/mol. The van der Waals surface area contributed by atoms with Crippen LogP contribution in [0.5, 0.6) is 0 Å². The molecule has 0 aliphatic carbocycles. The molecule has 6 nitrogen and oxygen atoms in total. The van der Waals surface area contributed by atoms with Gasteiger partial charge in [-0.3, -0.25) is 0 Å². The second kappa shape index (κ2) is 6.96. The van der Waals surface area contributed by atoms with Gasteiger partial charge in [0.15, 0.2) is 0 Å². The third kappa shape index (κ3) is 4.52. The summed E-state index contributed by atoms with van der Waals surface area (Å²) in [5.74, 6) is -0.835. The topological polar surface area (TPSA) is 70.8 Å². The number of hydrogen-bond donors (Lipinski definition) is 0. The molecule has 1 aliphatic rings. The second-order valence-electron chi connectivity index (χ2n) is 8.47. The summed E-state index contributed by atoms with van der Waals surface area (Å²) in [4.78, 5) is 19.2. The molecule has 2 rings (SSSR count). The molecule has 1 aliphatic heterocycles. The molecule has 0 radical (unpaired) electrons. The quantitative estimate of drug-likeness (QED) is 0.510. The van der Waals surface area contributed by atoms with Crippen molar-refractivity contribution in [1.29, 1.82) is 0 Å². The van der Waals surface area contributed by atoms with Gasteiger partial charge < -0.3 is 0 Å². The van der Waals surface area contributed by atoms with Crippen LogP contribution in [0.4, 0.5) is 0 Å². The first-order valence-electron chi connectivity index (χ1n) is 8.41. The first-order valence-corrected chi connectivity index (χ1v) is 19.0. The zero-order valence-electron chi connectivity index (χ0n) is 15.8. The van der Waals surface area contributed by atoms with Gasteiger partial charge in [-0.1, -0.05) is 0 Å². The van der Waals surface area contributed by atoms with Gasteiger partial charge in [0, 0.05) is 0 Å². The molecule has 1 saturated heterocycles. The molecule has 0 atom stereocenters. The molecule has 136 valence electrons. The molecule has 0 aromatic carbocycles. The molecule has 0 N–H and O–H groups in total. The Morgan fingerprint density at radius 3 is 2.29 bits per heavy atom. The number of hydrogen-bond acceptors (Lipinski definition) is 6. The molecule has 1 fully saturated rings. The Bertz CT molecular complexity index is 593. The Balaban J connectivity index is 2.44. The Kier molecular flexibility index (Phi) is 5.72. The van der Waals surface area contributed by atoms with Gasteiger partial charge in [0.2, 0.25) is 0 Å². The van der Waals surface area contributed by atoms with E-state index in [1.165, 1.54) is 0 Å². The van der Waals surface area contributed by atoms with Crippen molar-refractivity contribution in [1.82, 2.24) is 5.16 Å². The SMILES string of the molecule is CCOC(=O)c1noc([CH2][Sn]([CH3])([CH3])[CH3])c1C1(C)OCC(C)(C)CO1. The molecule has 7 heteroatoms. The number of carbonyl (C=O) groups is 1. The van der Waals surface area contributed by atoms with Gasteiger partial charge in [-0.2, -0.15) is 0 Å². The van der Waals surface area contributed by atoms with Crippen LogP contribution >= 0.6 is 0 Å². The predicted octanol–water partition coefficient (Wildman–Crippen LogP) is 3.52. The fraction of sp³-hybridized carbons (Fsp3) is 0.765. The zero-order chi connectivity index (χ0) is 18.2. The van der Waals surface area contributed by atoms with Crippen molar-refractivity contribution in [3.8, 4) is 0 Å². The van der Waals surface area contributed by atoms with Gasteiger partial charge in [0.1, 0.15) is 0 Å². The van der Waals surface area contributed by atoms with Gasteiger partial charge >= 0.3 is 148 Å². The van der Waals surface area contributed by atoms with E-state index in [-0.39, 0.29) is 17.7 Å². The number of aromatic nitrogens is 1. The van der Waals surface area contributed by atoms with Crippen molar-refractivity contribution in [3.63, 3.8) is 0 Å². The third-order valence-electron chi connectivity index (χ3n) is 3.85. The maximum absolute atomic E-state index is 12.3. The maximum atomic E-state index is 12.3. The predicted molar refractivity (Wildman–Crippen MR) is 92.5 cm³/mol. The van der Waals surface area contributed by atoms with E-state index in [9.17, 15) is 4.79 Å². The van der Waals surface area contributed by atoms with Gasteiger partial charge in [-0.15, -0.1) is 0 Å². The summed E-state index contributed by atoms with van der Waals surface area (Å²) in [5.41, 5.74) is 0.706. The second-order valence-corrected chi connectivity index (χ2v) is 24.1. The van der Waals surface area contributed by atoms with Crippen molar-refractivity contribution in [2.45, 2.75) is 52.7 Å². The van der Waals surface area contributed by atoms with E-state index in [1.54, 1.807) is 6.92 Å². The first kappa shape index (κ1) is 19.7. The van der Waals surface area contributed by atoms with Crippen LogP contribution in [0.2, 0.25) is 14.8 Å². The van der Waals surface area contributed by atoms with Crippen molar-refractivity contribution in [2.75, 3.05) is 19.8 Å². The average Bonchev–Trinajstić information content (AvgIpc) is 2.85. The molecule has 0 bridgehead atoms. The number of rotatable bonds is 5. The van der Waals surface area contributed by atoms with E-state index in [0.29, 0.717) is 24.5 Å². The van der Waals surface area contributed by atoms with Crippen LogP contribution in [0.15, 0.2) is 4.52 Å². The van der Waals surface area contributed by atoms with Crippen molar-refractivity contribution < 1.29 is 23.5 Å². The molecule has 0 spiro atoms. The van der Waals surface area contributed by atoms with Crippen LogP contribution in [-0.2, 0) is 24.4 Å². The van der Waals surface area contributed by atoms with E-state index >= 15 is 0 Å². The molecule has 1 aromatic heterocycles. The van der Waals surface area contributed by atoms with E-state index in [4.69, 9.17) is 18.7 Å². The Hall–Kier alpha value is -0.601. The Labute approximate surface area is 148 Å². The molecule has 2 heterocycles. The summed E-state index contributed by atoms with van der Waals surface area (Å²) < 4.78 is 23.6. The molecule has 0 saturated carbocycles. The summed E-state index contributed by atoms with van der Waals surface area (Å²) in [6.45, 7) is 9.12. The number of nitrogens with zero attached hydrogens (tertiary/aromatic N) is 1. The van der Waals surface area contributed by atoms with Crippen LogP contribution in [0.1, 0.15) is 49.5 Å². The van der Waals surface area contributed by atoms with Crippen LogP contribution in [0.3, 0.4) is 0 Å². The van der Waals surface area contributed by atoms with Gasteiger partial charge in [0.05, 0.1) is 0 Å². The molecular weight excluding hydrogens is 417 g/mol. The van der Waals surface area contributed by atoms with Gasteiger partial charge in [-0.05, 0) is 0 Å². The Morgan fingerprint density at radius 2 is 1.79 bits per heavy atom. The monoisotopic (exact) mass is 447 g/mol. The molecular formula is C17H29NO5Sn. The molecule has 0 unspecified atom stereocenters. The zero-order valence-corrected chi connectivity index (χ0v) is 18.7. The van der Waals surface area contributed by atoms with Crippen molar-refractivity contribution in [2.24, 2.45) is 5.41 Å². The van der Waals surface area contributed by atoms with E-state index < -0.39 is 30.1 Å². The van der Waals surface area contributed by atoms with Crippen molar-refractivity contribution >= 4 is 24.3 Å². The molecule has 0 amide bonds. The van der Waals surface area contributed by atoms with Crippen LogP contribution < -0.4 is 0 Å². The Morgan fingerprint density at radius 1 is 1.21 bits per heavy atom. The minimum absolute atomic E-state index is 0.0653. The summed E-state index contributed by atoms with van der Waals surface area (Å²) >= 11 is -2.24. The summed E-state index contributed by atoms with van der Waals surface area (Å²) in [6.07, 6.45) is 0. The fourth-order valence-corrected chi connectivity index (χ4v) is 6.07. The summed E-state index contributed by atoms with van der Waals surface area (Å²) in [5, 5.41) is 4.00. The standard InChI is InChI=1S/C14H20NO5.3CH3.Sn/c1-6-17-12(16)11-10(9(2)20-15-11)14(5)18-7-13(3,4)8-19-14;;;;/h2,6-8H2,1,3-5H3;3*1H3;. The van der Waals surface area contributed by atoms with E-state index in [1.807, 2.05) is 6.92 Å². The minimum atomic E-state index is -2.24. The van der Waals surface area contributed by atoms with E-state index in [2.05, 4.69) is 33.8 Å². The normalized spacial score (nSPS) is 20.0. The number of esters is 1. The van der Waals surface area contributed by atoms with E-state index in [0.717, 1.165) is 4.44 Å². The van der Waals surface area contributed by atoms with Crippen LogP contribution in [0.25, 0.3) is 0 Å². The summed E-state index contributed by atoms with van der Waals surface area (Å²) in [6, 6.07) is 0. The van der Waals surface area contributed by atoms with Gasteiger partial charge in [-0.25, -0.2) is 0 Å². The third-order valence-corrected chi connectivity index (χ3v) is 7.80. The van der Waals surface area contributed by atoms with Gasteiger partial charge in [0.25, 0.3) is 0 Å². The number of ether oxygens (including phenoxy) is 3.